The van der Waals surface area contributed by atoms with Crippen LogP contribution in [0.25, 0.3) is 11.1 Å². The summed E-state index contributed by atoms with van der Waals surface area (Å²) >= 11 is 1.55. The molecule has 2 aromatic heterocycles. The van der Waals surface area contributed by atoms with Crippen LogP contribution < -0.4 is 10.2 Å². The second-order valence-corrected chi connectivity index (χ2v) is 7.36. The number of nitrogens with one attached hydrogen (secondary N) is 1. The summed E-state index contributed by atoms with van der Waals surface area (Å²) < 4.78 is 5.49. The second kappa shape index (κ2) is 8.33. The number of amides is 1. The number of carbonyl (C=O) groups excluding carboxylic acids is 1. The number of rotatable bonds is 5. The van der Waals surface area contributed by atoms with Crippen molar-refractivity contribution in [1.82, 2.24) is 10.3 Å². The Morgan fingerprint density at radius 2 is 1.85 bits per heavy atom. The standard InChI is InChI=1S/C21H21N3O2S/c25-20(23-15-16-6-8-22-9-7-16)19-14-18(17-4-2-1-3-5-17)21(27-19)24-10-12-26-13-11-24/h1-9,14H,10-13,15H2,(H,23,25). The van der Waals surface area contributed by atoms with E-state index in [1.165, 1.54) is 0 Å². The van der Waals surface area contributed by atoms with Gasteiger partial charge in [-0.05, 0) is 29.3 Å². The third-order valence-corrected chi connectivity index (χ3v) is 5.72. The zero-order chi connectivity index (χ0) is 18.5. The predicted molar refractivity (Wildman–Crippen MR) is 108 cm³/mol. The van der Waals surface area contributed by atoms with Gasteiger partial charge in [0.15, 0.2) is 0 Å². The first-order valence-electron chi connectivity index (χ1n) is 9.00. The van der Waals surface area contributed by atoms with Gasteiger partial charge in [0, 0.05) is 37.6 Å². The number of carbonyl (C=O) groups is 1. The Morgan fingerprint density at radius 3 is 2.59 bits per heavy atom. The van der Waals surface area contributed by atoms with Crippen LogP contribution in [0.4, 0.5) is 5.00 Å². The third-order valence-electron chi connectivity index (χ3n) is 4.52. The van der Waals surface area contributed by atoms with Gasteiger partial charge in [-0.15, -0.1) is 11.3 Å². The number of aromatic nitrogens is 1. The average molecular weight is 379 g/mol. The largest absolute Gasteiger partial charge is 0.378 e. The van der Waals surface area contributed by atoms with E-state index in [0.717, 1.165) is 52.9 Å². The number of anilines is 1. The number of benzene rings is 1. The summed E-state index contributed by atoms with van der Waals surface area (Å²) in [6.45, 7) is 3.62. The van der Waals surface area contributed by atoms with Crippen LogP contribution >= 0.6 is 11.3 Å². The van der Waals surface area contributed by atoms with Gasteiger partial charge in [-0.25, -0.2) is 0 Å². The molecule has 138 valence electrons. The zero-order valence-electron chi connectivity index (χ0n) is 14.9. The average Bonchev–Trinajstić information content (AvgIpc) is 3.20. The molecule has 1 aliphatic heterocycles. The second-order valence-electron chi connectivity index (χ2n) is 6.33. The van der Waals surface area contributed by atoms with Gasteiger partial charge >= 0.3 is 0 Å². The molecule has 4 rings (SSSR count). The molecule has 1 aliphatic rings. The number of nitrogens with zero attached hydrogens (tertiary/aromatic N) is 2. The van der Waals surface area contributed by atoms with Gasteiger partial charge in [0.1, 0.15) is 0 Å². The molecule has 27 heavy (non-hydrogen) atoms. The van der Waals surface area contributed by atoms with Crippen molar-refractivity contribution >= 4 is 22.2 Å². The Morgan fingerprint density at radius 1 is 1.11 bits per heavy atom. The van der Waals surface area contributed by atoms with Gasteiger partial charge < -0.3 is 15.0 Å². The maximum absolute atomic E-state index is 12.7. The minimum absolute atomic E-state index is 0.0477. The molecule has 1 N–H and O–H groups in total. The van der Waals surface area contributed by atoms with Crippen LogP contribution in [0, 0.1) is 0 Å². The first-order valence-corrected chi connectivity index (χ1v) is 9.82. The van der Waals surface area contributed by atoms with E-state index in [1.54, 1.807) is 23.7 Å². The Hall–Kier alpha value is -2.70. The molecule has 5 nitrogen and oxygen atoms in total. The Bertz CT molecular complexity index is 890. The smallest absolute Gasteiger partial charge is 0.261 e. The molecule has 0 spiro atoms. The van der Waals surface area contributed by atoms with E-state index in [9.17, 15) is 4.79 Å². The lowest BCUT2D eigenvalue weighted by atomic mass is 10.1. The molecule has 1 aromatic carbocycles. The maximum atomic E-state index is 12.7. The maximum Gasteiger partial charge on any atom is 0.261 e. The first-order chi connectivity index (χ1) is 13.3. The van der Waals surface area contributed by atoms with Gasteiger partial charge in [0.2, 0.25) is 0 Å². The number of hydrogen-bond donors (Lipinski definition) is 1. The van der Waals surface area contributed by atoms with E-state index in [2.05, 4.69) is 27.3 Å². The monoisotopic (exact) mass is 379 g/mol. The summed E-state index contributed by atoms with van der Waals surface area (Å²) in [5.41, 5.74) is 3.27. The predicted octanol–water partition coefficient (Wildman–Crippen LogP) is 3.58. The van der Waals surface area contributed by atoms with Gasteiger partial charge in [-0.3, -0.25) is 9.78 Å². The molecule has 0 atom stereocenters. The molecular formula is C21H21N3O2S. The Kier molecular flexibility index (Phi) is 5.46. The van der Waals surface area contributed by atoms with Gasteiger partial charge in [-0.1, -0.05) is 30.3 Å². The molecular weight excluding hydrogens is 358 g/mol. The van der Waals surface area contributed by atoms with Crippen LogP contribution in [0.5, 0.6) is 0 Å². The molecule has 3 heterocycles. The molecule has 1 amide bonds. The summed E-state index contributed by atoms with van der Waals surface area (Å²) in [5, 5.41) is 4.15. The summed E-state index contributed by atoms with van der Waals surface area (Å²) in [6, 6.07) is 16.1. The summed E-state index contributed by atoms with van der Waals surface area (Å²) in [4.78, 5) is 19.8. The van der Waals surface area contributed by atoms with Crippen LogP contribution in [0.3, 0.4) is 0 Å². The molecule has 6 heteroatoms. The van der Waals surface area contributed by atoms with Crippen molar-refractivity contribution in [2.45, 2.75) is 6.54 Å². The highest BCUT2D eigenvalue weighted by molar-refractivity contribution is 7.18. The van der Waals surface area contributed by atoms with Crippen molar-refractivity contribution in [3.05, 3.63) is 71.4 Å². The summed E-state index contributed by atoms with van der Waals surface area (Å²) in [6.07, 6.45) is 3.47. The molecule has 0 unspecified atom stereocenters. The van der Waals surface area contributed by atoms with E-state index in [0.29, 0.717) is 6.54 Å². The highest BCUT2D eigenvalue weighted by Crippen LogP contribution is 2.39. The molecule has 1 saturated heterocycles. The first kappa shape index (κ1) is 17.7. The topological polar surface area (TPSA) is 54.5 Å². The number of morpholine rings is 1. The fourth-order valence-electron chi connectivity index (χ4n) is 3.09. The molecule has 0 saturated carbocycles. The zero-order valence-corrected chi connectivity index (χ0v) is 15.7. The minimum atomic E-state index is -0.0477. The summed E-state index contributed by atoms with van der Waals surface area (Å²) in [5.74, 6) is -0.0477. The number of hydrogen-bond acceptors (Lipinski definition) is 5. The van der Waals surface area contributed by atoms with Gasteiger partial charge in [0.05, 0.1) is 23.1 Å². The lowest BCUT2D eigenvalue weighted by molar-refractivity contribution is 0.0955. The summed E-state index contributed by atoms with van der Waals surface area (Å²) in [7, 11) is 0. The number of pyridine rings is 1. The van der Waals surface area contributed by atoms with Crippen LogP contribution in [0.15, 0.2) is 60.9 Å². The minimum Gasteiger partial charge on any atom is -0.378 e. The molecule has 0 radical (unpaired) electrons. The van der Waals surface area contributed by atoms with Crippen molar-refractivity contribution in [2.24, 2.45) is 0 Å². The molecule has 1 fully saturated rings. The highest BCUT2D eigenvalue weighted by Gasteiger charge is 2.21. The number of ether oxygens (including phenoxy) is 1. The van der Waals surface area contributed by atoms with Gasteiger partial charge in [0.25, 0.3) is 5.91 Å². The van der Waals surface area contributed by atoms with Crippen LogP contribution in [-0.4, -0.2) is 37.2 Å². The van der Waals surface area contributed by atoms with E-state index >= 15 is 0 Å². The Labute approximate surface area is 162 Å². The molecule has 0 bridgehead atoms. The quantitative estimate of drug-likeness (QED) is 0.736. The normalized spacial score (nSPS) is 14.1. The molecule has 3 aromatic rings. The van der Waals surface area contributed by atoms with E-state index in [1.807, 2.05) is 36.4 Å². The lowest BCUT2D eigenvalue weighted by Gasteiger charge is -2.28. The fourth-order valence-corrected chi connectivity index (χ4v) is 4.24. The fraction of sp³-hybridized carbons (Fsp3) is 0.238. The van der Waals surface area contributed by atoms with Gasteiger partial charge in [-0.2, -0.15) is 0 Å². The van der Waals surface area contributed by atoms with Crippen LogP contribution in [0.2, 0.25) is 0 Å². The number of thiophene rings is 1. The van der Waals surface area contributed by atoms with E-state index < -0.39 is 0 Å². The third kappa shape index (κ3) is 4.18. The van der Waals surface area contributed by atoms with E-state index in [4.69, 9.17) is 4.74 Å². The van der Waals surface area contributed by atoms with Crippen molar-refractivity contribution in [3.8, 4) is 11.1 Å². The van der Waals surface area contributed by atoms with E-state index in [-0.39, 0.29) is 5.91 Å². The van der Waals surface area contributed by atoms with Crippen molar-refractivity contribution in [3.63, 3.8) is 0 Å². The van der Waals surface area contributed by atoms with Crippen LogP contribution in [0.1, 0.15) is 15.2 Å². The van der Waals surface area contributed by atoms with Crippen molar-refractivity contribution in [1.29, 1.82) is 0 Å². The van der Waals surface area contributed by atoms with Crippen molar-refractivity contribution < 1.29 is 9.53 Å². The van der Waals surface area contributed by atoms with Crippen LogP contribution in [-0.2, 0) is 11.3 Å². The SMILES string of the molecule is O=C(NCc1ccncc1)c1cc(-c2ccccc2)c(N2CCOCC2)s1. The lowest BCUT2D eigenvalue weighted by Crippen LogP contribution is -2.35. The molecule has 0 aliphatic carbocycles. The van der Waals surface area contributed by atoms with Crippen molar-refractivity contribution in [2.75, 3.05) is 31.2 Å². The Balaban J connectivity index is 1.59. The highest BCUT2D eigenvalue weighted by atomic mass is 32.1.